The van der Waals surface area contributed by atoms with Gasteiger partial charge in [0, 0.05) is 55.0 Å². The van der Waals surface area contributed by atoms with Gasteiger partial charge in [-0.25, -0.2) is 5.21 Å². The van der Waals surface area contributed by atoms with E-state index < -0.39 is 5.23 Å². The molecular weight excluding hydrogens is 422 g/mol. The molecule has 3 atom stereocenters. The van der Waals surface area contributed by atoms with Gasteiger partial charge in [0.15, 0.2) is 11.4 Å². The van der Waals surface area contributed by atoms with E-state index in [9.17, 15) is 14.8 Å². The van der Waals surface area contributed by atoms with Gasteiger partial charge in [0.2, 0.25) is 0 Å². The van der Waals surface area contributed by atoms with Crippen molar-refractivity contribution in [2.45, 2.75) is 18.9 Å². The SMILES string of the molecule is O=C(c1ccc(-c2ccc([NH+]([O-])O)cc2Cl)o1)N1C[C@@H]2C[C@@H](C1)c1cccc(=O)n1C2. The summed E-state index contributed by atoms with van der Waals surface area (Å²) in [6.07, 6.45) is 0.960. The zero-order valence-corrected chi connectivity index (χ0v) is 17.2. The van der Waals surface area contributed by atoms with Gasteiger partial charge in [0.25, 0.3) is 11.5 Å². The molecule has 2 N–H and O–H groups in total. The molecule has 160 valence electrons. The highest BCUT2D eigenvalue weighted by Gasteiger charge is 2.37. The molecule has 2 aromatic heterocycles. The van der Waals surface area contributed by atoms with Crippen LogP contribution in [0.2, 0.25) is 5.02 Å². The van der Waals surface area contributed by atoms with Gasteiger partial charge in [0.05, 0.1) is 5.02 Å². The normalized spacial score (nSPS) is 20.9. The van der Waals surface area contributed by atoms with Crippen LogP contribution in [0.4, 0.5) is 5.69 Å². The molecule has 5 rings (SSSR count). The molecule has 0 spiro atoms. The first kappa shape index (κ1) is 20.0. The first-order chi connectivity index (χ1) is 14.9. The third-order valence-electron chi connectivity index (χ3n) is 6.07. The molecule has 31 heavy (non-hydrogen) atoms. The number of furan rings is 1. The summed E-state index contributed by atoms with van der Waals surface area (Å²) >= 11 is 6.22. The average molecular weight is 442 g/mol. The van der Waals surface area contributed by atoms with Crippen molar-refractivity contribution >= 4 is 23.2 Å². The lowest BCUT2D eigenvalue weighted by molar-refractivity contribution is -0.991. The summed E-state index contributed by atoms with van der Waals surface area (Å²) < 4.78 is 7.63. The monoisotopic (exact) mass is 441 g/mol. The summed E-state index contributed by atoms with van der Waals surface area (Å²) in [5.41, 5.74) is 1.59. The van der Waals surface area contributed by atoms with E-state index in [1.807, 2.05) is 10.6 Å². The van der Waals surface area contributed by atoms with Gasteiger partial charge < -0.3 is 19.1 Å². The summed E-state index contributed by atoms with van der Waals surface area (Å²) in [6, 6.07) is 13.0. The number of nitrogens with one attached hydrogen (secondary N) is 1. The molecule has 1 saturated heterocycles. The summed E-state index contributed by atoms with van der Waals surface area (Å²) in [5, 5.41) is 19.4. The average Bonchev–Trinajstić information content (AvgIpc) is 3.23. The van der Waals surface area contributed by atoms with Crippen molar-refractivity contribution in [1.82, 2.24) is 9.47 Å². The van der Waals surface area contributed by atoms with Crippen LogP contribution in [0.1, 0.15) is 28.6 Å². The Bertz CT molecular complexity index is 1220. The van der Waals surface area contributed by atoms with Crippen molar-refractivity contribution in [2.75, 3.05) is 13.1 Å². The second kappa shape index (κ2) is 7.65. The number of hydrogen-bond acceptors (Lipinski definition) is 5. The molecule has 0 radical (unpaired) electrons. The molecule has 3 aromatic rings. The summed E-state index contributed by atoms with van der Waals surface area (Å²) in [7, 11) is 0. The highest BCUT2D eigenvalue weighted by Crippen LogP contribution is 2.36. The van der Waals surface area contributed by atoms with E-state index in [2.05, 4.69) is 0 Å². The highest BCUT2D eigenvalue weighted by molar-refractivity contribution is 6.33. The highest BCUT2D eigenvalue weighted by atomic mass is 35.5. The molecule has 1 aromatic carbocycles. The summed E-state index contributed by atoms with van der Waals surface area (Å²) in [5.74, 6) is 0.754. The zero-order chi connectivity index (χ0) is 21.7. The molecule has 1 unspecified atom stereocenters. The van der Waals surface area contributed by atoms with E-state index in [4.69, 9.17) is 21.2 Å². The third-order valence-corrected chi connectivity index (χ3v) is 6.38. The number of piperidine rings is 1. The van der Waals surface area contributed by atoms with Gasteiger partial charge in [-0.05, 0) is 36.6 Å². The number of aromatic nitrogens is 1. The smallest absolute Gasteiger partial charge is 0.289 e. The fraction of sp³-hybridized carbons (Fsp3) is 0.273. The third kappa shape index (κ3) is 3.57. The second-order valence-electron chi connectivity index (χ2n) is 8.07. The van der Waals surface area contributed by atoms with Crippen molar-refractivity contribution < 1.29 is 19.6 Å². The number of benzene rings is 1. The molecule has 2 aliphatic rings. The predicted molar refractivity (Wildman–Crippen MR) is 112 cm³/mol. The first-order valence-electron chi connectivity index (χ1n) is 10.0. The van der Waals surface area contributed by atoms with Crippen LogP contribution in [0, 0.1) is 11.1 Å². The molecule has 4 heterocycles. The Morgan fingerprint density at radius 2 is 2.00 bits per heavy atom. The number of rotatable bonds is 3. The number of amides is 1. The summed E-state index contributed by atoms with van der Waals surface area (Å²) in [4.78, 5) is 27.1. The number of likely N-dealkylation sites (tertiary alicyclic amines) is 1. The van der Waals surface area contributed by atoms with Crippen LogP contribution in [-0.4, -0.2) is 33.7 Å². The van der Waals surface area contributed by atoms with Crippen LogP contribution in [0.5, 0.6) is 0 Å². The maximum absolute atomic E-state index is 13.1. The fourth-order valence-electron chi connectivity index (χ4n) is 4.66. The van der Waals surface area contributed by atoms with E-state index >= 15 is 0 Å². The number of fused-ring (bicyclic) bond motifs is 4. The zero-order valence-electron chi connectivity index (χ0n) is 16.5. The van der Waals surface area contributed by atoms with E-state index in [1.165, 1.54) is 12.1 Å². The number of hydrogen-bond donors (Lipinski definition) is 2. The lowest BCUT2D eigenvalue weighted by Crippen LogP contribution is -2.99. The lowest BCUT2D eigenvalue weighted by Gasteiger charge is -2.42. The van der Waals surface area contributed by atoms with Crippen LogP contribution in [0.25, 0.3) is 11.3 Å². The van der Waals surface area contributed by atoms with Crippen molar-refractivity contribution in [3.63, 3.8) is 0 Å². The van der Waals surface area contributed by atoms with Gasteiger partial charge in [-0.3, -0.25) is 9.59 Å². The largest absolute Gasteiger partial charge is 0.595 e. The molecule has 0 aliphatic carbocycles. The Labute approximate surface area is 182 Å². The Morgan fingerprint density at radius 1 is 1.16 bits per heavy atom. The maximum Gasteiger partial charge on any atom is 0.289 e. The molecule has 9 heteroatoms. The van der Waals surface area contributed by atoms with Crippen molar-refractivity contribution in [1.29, 1.82) is 0 Å². The Balaban J connectivity index is 1.38. The predicted octanol–water partition coefficient (Wildman–Crippen LogP) is 2.42. The van der Waals surface area contributed by atoms with E-state index in [1.54, 1.807) is 35.2 Å². The quantitative estimate of drug-likeness (QED) is 0.607. The molecule has 2 bridgehead atoms. The van der Waals surface area contributed by atoms with Gasteiger partial charge in [-0.2, -0.15) is 5.23 Å². The molecular formula is C22H20ClN3O5. The van der Waals surface area contributed by atoms with Crippen molar-refractivity contribution in [2.24, 2.45) is 5.92 Å². The molecule has 2 aliphatic heterocycles. The van der Waals surface area contributed by atoms with Gasteiger partial charge in [-0.1, -0.05) is 17.7 Å². The number of quaternary nitrogens is 1. The maximum atomic E-state index is 13.1. The Hall–Kier alpha value is -2.91. The number of carbonyl (C=O) groups is 1. The Kier molecular flexibility index (Phi) is 4.94. The van der Waals surface area contributed by atoms with E-state index in [-0.39, 0.29) is 39.8 Å². The van der Waals surface area contributed by atoms with Crippen LogP contribution in [0.15, 0.2) is 57.7 Å². The number of pyridine rings is 1. The number of carbonyl (C=O) groups excluding carboxylic acids is 1. The molecule has 8 nitrogen and oxygen atoms in total. The molecule has 0 saturated carbocycles. The van der Waals surface area contributed by atoms with E-state index in [0.29, 0.717) is 31.0 Å². The standard InChI is InChI=1S/C22H20ClN3O5/c23-17-9-15(26(29)30)4-5-16(17)19-6-7-20(31-19)22(28)24-10-13-8-14(12-24)18-2-1-3-21(27)25(18)11-13/h1-7,9,13-14,26,29H,8,10-12H2/t13-,14-/m0/s1. The van der Waals surface area contributed by atoms with Gasteiger partial charge >= 0.3 is 0 Å². The van der Waals surface area contributed by atoms with Gasteiger partial charge in [0.1, 0.15) is 5.76 Å². The summed E-state index contributed by atoms with van der Waals surface area (Å²) in [6.45, 7) is 1.72. The van der Waals surface area contributed by atoms with Gasteiger partial charge in [-0.15, -0.1) is 0 Å². The Morgan fingerprint density at radius 3 is 2.77 bits per heavy atom. The first-order valence-corrected chi connectivity index (χ1v) is 10.4. The minimum absolute atomic E-state index is 0.00782. The minimum atomic E-state index is -1.07. The minimum Gasteiger partial charge on any atom is -0.595 e. The van der Waals surface area contributed by atoms with Crippen molar-refractivity contribution in [3.8, 4) is 11.3 Å². The molecule has 1 fully saturated rings. The van der Waals surface area contributed by atoms with Crippen molar-refractivity contribution in [3.05, 3.63) is 80.6 Å². The topological polar surface area (TPSA) is 103 Å². The van der Waals surface area contributed by atoms with Crippen LogP contribution in [0.3, 0.4) is 0 Å². The molecule has 1 amide bonds. The lowest BCUT2D eigenvalue weighted by atomic mass is 9.83. The fourth-order valence-corrected chi connectivity index (χ4v) is 4.94. The number of nitrogens with zero attached hydrogens (tertiary/aromatic N) is 2. The van der Waals surface area contributed by atoms with Crippen LogP contribution in [-0.2, 0) is 6.54 Å². The second-order valence-corrected chi connectivity index (χ2v) is 8.48. The number of halogens is 1. The van der Waals surface area contributed by atoms with E-state index in [0.717, 1.165) is 12.1 Å². The van der Waals surface area contributed by atoms with Crippen LogP contribution < -0.4 is 10.8 Å². The van der Waals surface area contributed by atoms with Crippen LogP contribution >= 0.6 is 11.6 Å².